The molecular weight excluding hydrogens is 773 g/mol. The molecule has 0 saturated heterocycles. The molecule has 0 aliphatic heterocycles. The van der Waals surface area contributed by atoms with E-state index in [2.05, 4.69) is 69.1 Å². The van der Waals surface area contributed by atoms with E-state index in [1.807, 2.05) is 0 Å². The Morgan fingerprint density at radius 3 is 1.47 bits per heavy atom. The average molecular weight is 875 g/mol. The van der Waals surface area contributed by atoms with Crippen molar-refractivity contribution in [3.63, 3.8) is 0 Å². The summed E-state index contributed by atoms with van der Waals surface area (Å²) in [5, 5.41) is 2.87. The quantitative estimate of drug-likeness (QED) is 0.0282. The smallest absolute Gasteiger partial charge is 0.407 e. The number of unbranched alkanes of at least 4 members (excludes halogenated alkanes) is 23. The van der Waals surface area contributed by atoms with Gasteiger partial charge in [0, 0.05) is 31.8 Å². The lowest BCUT2D eigenvalue weighted by Gasteiger charge is -2.19. The second-order valence-corrected chi connectivity index (χ2v) is 18.0. The van der Waals surface area contributed by atoms with Gasteiger partial charge in [0.15, 0.2) is 0 Å². The van der Waals surface area contributed by atoms with E-state index < -0.39 is 6.09 Å². The summed E-state index contributed by atoms with van der Waals surface area (Å²) in [5.41, 5.74) is 0. The number of esters is 2. The summed E-state index contributed by atoms with van der Waals surface area (Å²) in [7, 11) is 0. The number of hydrogen-bond donors (Lipinski definition) is 1. The predicted molar refractivity (Wildman–Crippen MR) is 264 cm³/mol. The third kappa shape index (κ3) is 42.9. The highest BCUT2D eigenvalue weighted by molar-refractivity contribution is 5.69. The molecule has 0 aromatic carbocycles. The van der Waals surface area contributed by atoms with Crippen LogP contribution in [0.4, 0.5) is 4.79 Å². The molecule has 62 heavy (non-hydrogen) atoms. The molecule has 0 saturated carbocycles. The Balaban J connectivity index is 4.54. The van der Waals surface area contributed by atoms with Crippen molar-refractivity contribution in [2.24, 2.45) is 5.92 Å². The van der Waals surface area contributed by atoms with Crippen LogP contribution in [-0.2, 0) is 23.8 Å². The molecular formula is C54H102N2O6. The summed E-state index contributed by atoms with van der Waals surface area (Å²) in [6, 6.07) is 0. The molecule has 0 bridgehead atoms. The molecule has 0 heterocycles. The fourth-order valence-electron chi connectivity index (χ4n) is 7.90. The lowest BCUT2D eigenvalue weighted by molar-refractivity contribution is -0.150. The lowest BCUT2D eigenvalue weighted by atomic mass is 10.0. The SMILES string of the molecule is CCCCC/C=C\C/C=C\CCCCCCCC(=O)OCC(CCCCCCCCC(=O)OC(CCCCCCCC)CCCCCCCC)COC(=O)NCCN(CC)CC. The number of carbonyl (C=O) groups excluding carboxylic acids is 3. The van der Waals surface area contributed by atoms with Crippen molar-refractivity contribution >= 4 is 18.0 Å². The van der Waals surface area contributed by atoms with Crippen LogP contribution in [0, 0.1) is 5.92 Å². The van der Waals surface area contributed by atoms with Gasteiger partial charge in [-0.3, -0.25) is 9.59 Å². The van der Waals surface area contributed by atoms with Crippen LogP contribution in [0.15, 0.2) is 24.3 Å². The number of ether oxygens (including phenoxy) is 3. The van der Waals surface area contributed by atoms with Gasteiger partial charge < -0.3 is 24.4 Å². The van der Waals surface area contributed by atoms with E-state index in [1.54, 1.807) is 0 Å². The third-order valence-corrected chi connectivity index (χ3v) is 12.2. The number of amides is 1. The Morgan fingerprint density at radius 1 is 0.484 bits per heavy atom. The zero-order valence-electron chi connectivity index (χ0n) is 41.6. The van der Waals surface area contributed by atoms with Gasteiger partial charge in [0.05, 0.1) is 13.2 Å². The van der Waals surface area contributed by atoms with Crippen molar-refractivity contribution in [1.82, 2.24) is 10.2 Å². The van der Waals surface area contributed by atoms with E-state index >= 15 is 0 Å². The first-order valence-electron chi connectivity index (χ1n) is 26.7. The van der Waals surface area contributed by atoms with E-state index in [0.29, 0.717) is 19.4 Å². The summed E-state index contributed by atoms with van der Waals surface area (Å²) >= 11 is 0. The molecule has 8 heteroatoms. The Kier molecular flexibility index (Phi) is 46.3. The van der Waals surface area contributed by atoms with Crippen LogP contribution in [0.25, 0.3) is 0 Å². The van der Waals surface area contributed by atoms with Gasteiger partial charge >= 0.3 is 18.0 Å². The molecule has 1 amide bonds. The normalized spacial score (nSPS) is 12.2. The van der Waals surface area contributed by atoms with E-state index in [1.165, 1.54) is 103 Å². The van der Waals surface area contributed by atoms with Crippen molar-refractivity contribution in [3.05, 3.63) is 24.3 Å². The van der Waals surface area contributed by atoms with E-state index in [0.717, 1.165) is 122 Å². The molecule has 364 valence electrons. The largest absolute Gasteiger partial charge is 0.465 e. The fourth-order valence-corrected chi connectivity index (χ4v) is 7.90. The number of rotatable bonds is 47. The second kappa shape index (κ2) is 48.1. The third-order valence-electron chi connectivity index (χ3n) is 12.2. The minimum Gasteiger partial charge on any atom is -0.465 e. The molecule has 1 unspecified atom stereocenters. The van der Waals surface area contributed by atoms with Gasteiger partial charge in [-0.05, 0) is 90.1 Å². The Morgan fingerprint density at radius 2 is 0.919 bits per heavy atom. The Hall–Kier alpha value is -2.35. The maximum Gasteiger partial charge on any atom is 0.407 e. The zero-order chi connectivity index (χ0) is 45.4. The maximum absolute atomic E-state index is 12.8. The van der Waals surface area contributed by atoms with Crippen LogP contribution in [0.2, 0.25) is 0 Å². The van der Waals surface area contributed by atoms with Gasteiger partial charge in [0.25, 0.3) is 0 Å². The van der Waals surface area contributed by atoms with Crippen LogP contribution >= 0.6 is 0 Å². The number of alkyl carbamates (subject to hydrolysis) is 1. The van der Waals surface area contributed by atoms with Crippen LogP contribution in [0.3, 0.4) is 0 Å². The molecule has 0 radical (unpaired) electrons. The average Bonchev–Trinajstić information content (AvgIpc) is 3.27. The molecule has 1 N–H and O–H groups in total. The monoisotopic (exact) mass is 875 g/mol. The molecule has 0 aliphatic rings. The van der Waals surface area contributed by atoms with Gasteiger partial charge in [-0.1, -0.05) is 187 Å². The van der Waals surface area contributed by atoms with Crippen LogP contribution < -0.4 is 5.32 Å². The molecule has 0 fully saturated rings. The summed E-state index contributed by atoms with van der Waals surface area (Å²) in [6.07, 6.45) is 46.7. The zero-order valence-corrected chi connectivity index (χ0v) is 41.6. The molecule has 0 aromatic heterocycles. The van der Waals surface area contributed by atoms with Gasteiger partial charge in [-0.25, -0.2) is 4.79 Å². The first-order chi connectivity index (χ1) is 30.4. The number of nitrogens with one attached hydrogen (secondary N) is 1. The minimum atomic E-state index is -0.409. The van der Waals surface area contributed by atoms with Crippen LogP contribution in [0.5, 0.6) is 0 Å². The van der Waals surface area contributed by atoms with Crippen molar-refractivity contribution in [2.75, 3.05) is 39.4 Å². The van der Waals surface area contributed by atoms with E-state index in [4.69, 9.17) is 14.2 Å². The van der Waals surface area contributed by atoms with Crippen LogP contribution in [-0.4, -0.2) is 68.4 Å². The number of hydrogen-bond acceptors (Lipinski definition) is 7. The highest BCUT2D eigenvalue weighted by atomic mass is 16.6. The van der Waals surface area contributed by atoms with Gasteiger partial charge in [-0.15, -0.1) is 0 Å². The summed E-state index contributed by atoms with van der Waals surface area (Å²) < 4.78 is 17.4. The van der Waals surface area contributed by atoms with Crippen LogP contribution in [0.1, 0.15) is 253 Å². The van der Waals surface area contributed by atoms with E-state index in [-0.39, 0.29) is 37.2 Å². The molecule has 0 aliphatic carbocycles. The minimum absolute atomic E-state index is 0.0168. The fraction of sp³-hybridized carbons (Fsp3) is 0.870. The highest BCUT2D eigenvalue weighted by Crippen LogP contribution is 2.19. The summed E-state index contributed by atoms with van der Waals surface area (Å²) in [5.74, 6) is -0.191. The van der Waals surface area contributed by atoms with Crippen molar-refractivity contribution < 1.29 is 28.6 Å². The molecule has 1 atom stereocenters. The first-order valence-corrected chi connectivity index (χ1v) is 26.7. The number of allylic oxidation sites excluding steroid dienone is 4. The Labute approximate surface area is 384 Å². The molecule has 8 nitrogen and oxygen atoms in total. The summed E-state index contributed by atoms with van der Waals surface area (Å²) in [6.45, 7) is 14.7. The lowest BCUT2D eigenvalue weighted by Crippen LogP contribution is -2.35. The summed E-state index contributed by atoms with van der Waals surface area (Å²) in [4.78, 5) is 40.2. The highest BCUT2D eigenvalue weighted by Gasteiger charge is 2.17. The maximum atomic E-state index is 12.8. The number of carbonyl (C=O) groups is 3. The first kappa shape index (κ1) is 59.6. The molecule has 0 rings (SSSR count). The van der Waals surface area contributed by atoms with Gasteiger partial charge in [0.1, 0.15) is 6.10 Å². The topological polar surface area (TPSA) is 94.2 Å². The van der Waals surface area contributed by atoms with Crippen molar-refractivity contribution in [1.29, 1.82) is 0 Å². The number of nitrogens with zero attached hydrogens (tertiary/aromatic N) is 1. The molecule has 0 aromatic rings. The van der Waals surface area contributed by atoms with E-state index in [9.17, 15) is 14.4 Å². The molecule has 0 spiro atoms. The second-order valence-electron chi connectivity index (χ2n) is 18.0. The van der Waals surface area contributed by atoms with Gasteiger partial charge in [0.2, 0.25) is 0 Å². The van der Waals surface area contributed by atoms with Crippen molar-refractivity contribution in [2.45, 2.75) is 259 Å². The van der Waals surface area contributed by atoms with Crippen molar-refractivity contribution in [3.8, 4) is 0 Å². The van der Waals surface area contributed by atoms with Gasteiger partial charge in [-0.2, -0.15) is 0 Å². The number of likely N-dealkylation sites (N-methyl/N-ethyl adjacent to an activating group) is 1. The Bertz CT molecular complexity index is 1030. The predicted octanol–water partition coefficient (Wildman–Crippen LogP) is 15.6. The standard InChI is InChI=1S/C54H102N2O6/c1-6-11-14-17-20-21-22-23-24-25-26-27-28-34-39-44-52(57)60-48-50(49-61-54(59)55-46-47-56(9-4)10-5)41-36-31-29-30-35-40-45-53(58)62-51(42-37-32-18-15-12-7-2)43-38-33-19-16-13-8-3/h20-21,23-24,50-51H,6-19,22,25-49H2,1-5H3,(H,55,59)/b21-20-,24-23-.